The summed E-state index contributed by atoms with van der Waals surface area (Å²) in [7, 11) is 2.21. The van der Waals surface area contributed by atoms with Gasteiger partial charge in [0.25, 0.3) is 0 Å². The number of hydrogen-bond donors (Lipinski definition) is 1. The first-order valence-electron chi connectivity index (χ1n) is 3.65. The van der Waals surface area contributed by atoms with E-state index in [4.69, 9.17) is 0 Å². The highest BCUT2D eigenvalue weighted by molar-refractivity contribution is 7.80. The summed E-state index contributed by atoms with van der Waals surface area (Å²) in [5.74, 6) is 1.02. The van der Waals surface area contributed by atoms with Crippen molar-refractivity contribution >= 4 is 12.6 Å². The Balaban J connectivity index is 1.96. The summed E-state index contributed by atoms with van der Waals surface area (Å²) in [6.07, 6.45) is 4.07. The lowest BCUT2D eigenvalue weighted by molar-refractivity contribution is 0.326. The monoisotopic (exact) mass is 145 g/mol. The first-order valence-corrected chi connectivity index (χ1v) is 4.29. The van der Waals surface area contributed by atoms with Crippen molar-refractivity contribution in [2.45, 2.75) is 25.3 Å². The molecule has 0 aromatic carbocycles. The highest BCUT2D eigenvalue weighted by Gasteiger charge is 2.24. The number of nitrogens with zero attached hydrogens (tertiary/aromatic N) is 1. The average Bonchev–Trinajstić information content (AvgIpc) is 2.63. The zero-order valence-electron chi connectivity index (χ0n) is 6.01. The van der Waals surface area contributed by atoms with Crippen LogP contribution in [0.5, 0.6) is 0 Å². The van der Waals surface area contributed by atoms with Gasteiger partial charge in [0.1, 0.15) is 0 Å². The van der Waals surface area contributed by atoms with E-state index in [1.165, 1.54) is 25.8 Å². The van der Waals surface area contributed by atoms with Crippen molar-refractivity contribution in [1.82, 2.24) is 4.90 Å². The Morgan fingerprint density at radius 3 is 2.67 bits per heavy atom. The van der Waals surface area contributed by atoms with Crippen molar-refractivity contribution in [2.75, 3.05) is 19.3 Å². The average molecular weight is 145 g/mol. The van der Waals surface area contributed by atoms with Gasteiger partial charge in [-0.2, -0.15) is 12.6 Å². The zero-order valence-corrected chi connectivity index (χ0v) is 6.90. The molecule has 0 heterocycles. The molecule has 0 radical (unpaired) electrons. The lowest BCUT2D eigenvalue weighted by Crippen LogP contribution is -2.21. The molecule has 0 aromatic heterocycles. The van der Waals surface area contributed by atoms with Gasteiger partial charge >= 0.3 is 0 Å². The smallest absolute Gasteiger partial charge is 0.00933 e. The fraction of sp³-hybridized carbons (Fsp3) is 1.00. The van der Waals surface area contributed by atoms with Crippen LogP contribution in [-0.4, -0.2) is 30.3 Å². The van der Waals surface area contributed by atoms with Crippen LogP contribution in [0, 0.1) is 0 Å². The number of rotatable bonds is 4. The van der Waals surface area contributed by atoms with Crippen LogP contribution < -0.4 is 0 Å². The Labute approximate surface area is 62.8 Å². The van der Waals surface area contributed by atoms with E-state index in [2.05, 4.69) is 24.6 Å². The first-order chi connectivity index (χ1) is 4.34. The van der Waals surface area contributed by atoms with Gasteiger partial charge in [0.05, 0.1) is 0 Å². The Hall–Kier alpha value is 0.310. The Morgan fingerprint density at radius 1 is 1.56 bits per heavy atom. The Morgan fingerprint density at radius 2 is 2.22 bits per heavy atom. The molecule has 1 nitrogen and oxygen atoms in total. The molecule has 1 aliphatic carbocycles. The van der Waals surface area contributed by atoms with Gasteiger partial charge < -0.3 is 4.90 Å². The summed E-state index contributed by atoms with van der Waals surface area (Å²) < 4.78 is 0. The van der Waals surface area contributed by atoms with Crippen LogP contribution in [0.3, 0.4) is 0 Å². The Kier molecular flexibility index (Phi) is 2.86. The van der Waals surface area contributed by atoms with Crippen molar-refractivity contribution in [3.8, 4) is 0 Å². The summed E-state index contributed by atoms with van der Waals surface area (Å²) in [4.78, 5) is 2.44. The third kappa shape index (κ3) is 2.59. The molecule has 0 saturated heterocycles. The summed E-state index contributed by atoms with van der Waals surface area (Å²) in [5, 5.41) is 0. The van der Waals surface area contributed by atoms with Crippen LogP contribution in [0.1, 0.15) is 19.3 Å². The van der Waals surface area contributed by atoms with E-state index in [1.54, 1.807) is 0 Å². The highest BCUT2D eigenvalue weighted by Crippen LogP contribution is 2.25. The molecule has 0 aromatic rings. The van der Waals surface area contributed by atoms with E-state index in [0.717, 1.165) is 11.8 Å². The maximum atomic E-state index is 4.16. The van der Waals surface area contributed by atoms with Crippen LogP contribution in [0.4, 0.5) is 0 Å². The normalized spacial score (nSPS) is 19.0. The van der Waals surface area contributed by atoms with E-state index < -0.39 is 0 Å². The van der Waals surface area contributed by atoms with Gasteiger partial charge in [0, 0.05) is 6.04 Å². The molecule has 0 N–H and O–H groups in total. The van der Waals surface area contributed by atoms with Gasteiger partial charge in [0.15, 0.2) is 0 Å². The molecule has 9 heavy (non-hydrogen) atoms. The second-order valence-electron chi connectivity index (χ2n) is 2.79. The lowest BCUT2D eigenvalue weighted by Gasteiger charge is -2.13. The fourth-order valence-corrected chi connectivity index (χ4v) is 1.16. The first kappa shape index (κ1) is 7.42. The van der Waals surface area contributed by atoms with Crippen LogP contribution in [0.2, 0.25) is 0 Å². The molecule has 1 saturated carbocycles. The molecule has 2 heteroatoms. The summed E-state index contributed by atoms with van der Waals surface area (Å²) in [6, 6.07) is 0.921. The quantitative estimate of drug-likeness (QED) is 0.585. The number of thiol groups is 1. The maximum absolute atomic E-state index is 4.16. The van der Waals surface area contributed by atoms with Crippen LogP contribution >= 0.6 is 12.6 Å². The van der Waals surface area contributed by atoms with Gasteiger partial charge in [-0.3, -0.25) is 0 Å². The minimum Gasteiger partial charge on any atom is -0.303 e. The predicted octanol–water partition coefficient (Wildman–Crippen LogP) is 1.40. The molecule has 0 atom stereocenters. The predicted molar refractivity (Wildman–Crippen MR) is 44.1 cm³/mol. The highest BCUT2D eigenvalue weighted by atomic mass is 32.1. The molecule has 1 fully saturated rings. The second-order valence-corrected chi connectivity index (χ2v) is 3.24. The molecule has 0 unspecified atom stereocenters. The molecule has 0 amide bonds. The van der Waals surface area contributed by atoms with Crippen molar-refractivity contribution < 1.29 is 0 Å². The molecule has 1 aliphatic rings. The van der Waals surface area contributed by atoms with E-state index >= 15 is 0 Å². The standard InChI is InChI=1S/C7H15NS/c1-8(5-2-6-9)7-3-4-7/h7,9H,2-6H2,1H3. The lowest BCUT2D eigenvalue weighted by atomic mass is 10.4. The minimum atomic E-state index is 0.921. The van der Waals surface area contributed by atoms with Crippen molar-refractivity contribution in [2.24, 2.45) is 0 Å². The molecule has 54 valence electrons. The minimum absolute atomic E-state index is 0.921. The van der Waals surface area contributed by atoms with Crippen molar-refractivity contribution in [1.29, 1.82) is 0 Å². The largest absolute Gasteiger partial charge is 0.303 e. The van der Waals surface area contributed by atoms with Crippen LogP contribution in [0.15, 0.2) is 0 Å². The van der Waals surface area contributed by atoms with Crippen LogP contribution in [-0.2, 0) is 0 Å². The van der Waals surface area contributed by atoms with Gasteiger partial charge in [-0.05, 0) is 38.6 Å². The molecular weight excluding hydrogens is 130 g/mol. The molecule has 1 rings (SSSR count). The molecule has 0 spiro atoms. The van der Waals surface area contributed by atoms with Gasteiger partial charge in [-0.25, -0.2) is 0 Å². The van der Waals surface area contributed by atoms with Crippen LogP contribution in [0.25, 0.3) is 0 Å². The van der Waals surface area contributed by atoms with E-state index in [1.807, 2.05) is 0 Å². The van der Waals surface area contributed by atoms with Gasteiger partial charge in [0.2, 0.25) is 0 Å². The summed E-state index contributed by atoms with van der Waals surface area (Å²) >= 11 is 4.16. The van der Waals surface area contributed by atoms with E-state index in [9.17, 15) is 0 Å². The van der Waals surface area contributed by atoms with E-state index in [-0.39, 0.29) is 0 Å². The second kappa shape index (κ2) is 3.47. The van der Waals surface area contributed by atoms with Crippen molar-refractivity contribution in [3.05, 3.63) is 0 Å². The van der Waals surface area contributed by atoms with Crippen molar-refractivity contribution in [3.63, 3.8) is 0 Å². The molecule has 0 aliphatic heterocycles. The van der Waals surface area contributed by atoms with Gasteiger partial charge in [-0.1, -0.05) is 0 Å². The Bertz CT molecular complexity index is 81.0. The maximum Gasteiger partial charge on any atom is 0.00933 e. The summed E-state index contributed by atoms with van der Waals surface area (Å²) in [6.45, 7) is 1.23. The molecule has 0 bridgehead atoms. The molecular formula is C7H15NS. The zero-order chi connectivity index (χ0) is 6.69. The van der Waals surface area contributed by atoms with E-state index in [0.29, 0.717) is 0 Å². The number of hydrogen-bond acceptors (Lipinski definition) is 2. The topological polar surface area (TPSA) is 3.24 Å². The third-order valence-corrected chi connectivity index (χ3v) is 2.16. The third-order valence-electron chi connectivity index (χ3n) is 1.84. The SMILES string of the molecule is CN(CCCS)C1CC1. The summed E-state index contributed by atoms with van der Waals surface area (Å²) in [5.41, 5.74) is 0. The van der Waals surface area contributed by atoms with Gasteiger partial charge in [-0.15, -0.1) is 0 Å². The fourth-order valence-electron chi connectivity index (χ4n) is 1.02.